The summed E-state index contributed by atoms with van der Waals surface area (Å²) in [6, 6.07) is 18.9. The average Bonchev–Trinajstić information content (AvgIpc) is 2.96. The summed E-state index contributed by atoms with van der Waals surface area (Å²) >= 11 is 0. The number of hydrogen-bond acceptors (Lipinski definition) is 3. The fourth-order valence-electron chi connectivity index (χ4n) is 3.92. The van der Waals surface area contributed by atoms with Crippen LogP contribution in [0.1, 0.15) is 50.8 Å². The molecule has 4 amide bonds. The lowest BCUT2D eigenvalue weighted by atomic mass is 9.93. The number of benzene rings is 2. The van der Waals surface area contributed by atoms with Crippen LogP contribution in [-0.2, 0) is 16.0 Å². The number of nitrogens with zero attached hydrogens (tertiary/aromatic N) is 1. The molecule has 6 nitrogen and oxygen atoms in total. The average molecular weight is 422 g/mol. The number of urea groups is 1. The zero-order chi connectivity index (χ0) is 22.4. The van der Waals surface area contributed by atoms with Crippen molar-refractivity contribution in [2.24, 2.45) is 5.92 Å². The quantitative estimate of drug-likeness (QED) is 0.604. The Balaban J connectivity index is 1.63. The van der Waals surface area contributed by atoms with Gasteiger partial charge in [0.05, 0.1) is 6.04 Å². The Bertz CT molecular complexity index is 914. The van der Waals surface area contributed by atoms with Gasteiger partial charge in [0.2, 0.25) is 5.91 Å². The molecule has 1 fully saturated rings. The Hall–Kier alpha value is -3.15. The maximum absolute atomic E-state index is 13.0. The van der Waals surface area contributed by atoms with Crippen LogP contribution in [0.5, 0.6) is 0 Å². The van der Waals surface area contributed by atoms with Crippen LogP contribution in [0.4, 0.5) is 4.79 Å². The highest BCUT2D eigenvalue weighted by Gasteiger charge is 2.47. The molecule has 0 aromatic heterocycles. The summed E-state index contributed by atoms with van der Waals surface area (Å²) in [6.45, 7) is 5.63. The first-order valence-electron chi connectivity index (χ1n) is 10.8. The molecule has 0 radical (unpaired) electrons. The summed E-state index contributed by atoms with van der Waals surface area (Å²) in [5.74, 6) is -0.322. The van der Waals surface area contributed by atoms with Crippen molar-refractivity contribution in [3.8, 4) is 0 Å². The first kappa shape index (κ1) is 22.5. The summed E-state index contributed by atoms with van der Waals surface area (Å²) in [5, 5.41) is 5.79. The highest BCUT2D eigenvalue weighted by Crippen LogP contribution is 2.24. The number of amides is 4. The van der Waals surface area contributed by atoms with E-state index in [1.54, 1.807) is 6.92 Å². The van der Waals surface area contributed by atoms with Crippen molar-refractivity contribution in [1.29, 1.82) is 0 Å². The van der Waals surface area contributed by atoms with Crippen molar-refractivity contribution in [3.63, 3.8) is 0 Å². The third kappa shape index (κ3) is 5.72. The molecule has 0 spiro atoms. The summed E-state index contributed by atoms with van der Waals surface area (Å²) in [5.41, 5.74) is 1.10. The minimum Gasteiger partial charge on any atom is -0.348 e. The van der Waals surface area contributed by atoms with E-state index in [0.717, 1.165) is 22.4 Å². The standard InChI is InChI=1S/C25H31N3O3/c1-18(2)16-21(20-12-8-5-9-13-20)26-22(29)17-28-23(30)25(3,27-24(28)31)15-14-19-10-6-4-7-11-19/h4-13,18,21H,14-17H2,1-3H3,(H,26,29)(H,27,31)/t21-,25+/m0/s1. The lowest BCUT2D eigenvalue weighted by Crippen LogP contribution is -2.45. The van der Waals surface area contributed by atoms with Crippen molar-refractivity contribution in [2.75, 3.05) is 6.54 Å². The molecule has 3 rings (SSSR count). The van der Waals surface area contributed by atoms with Gasteiger partial charge in [0.25, 0.3) is 5.91 Å². The van der Waals surface area contributed by atoms with Crippen LogP contribution in [0.25, 0.3) is 0 Å². The molecule has 0 aliphatic carbocycles. The van der Waals surface area contributed by atoms with Gasteiger partial charge in [-0.15, -0.1) is 0 Å². The van der Waals surface area contributed by atoms with E-state index in [1.165, 1.54) is 0 Å². The molecule has 31 heavy (non-hydrogen) atoms. The van der Waals surface area contributed by atoms with Gasteiger partial charge in [-0.25, -0.2) is 4.79 Å². The Labute approximate surface area is 184 Å². The van der Waals surface area contributed by atoms with Crippen molar-refractivity contribution < 1.29 is 14.4 Å². The Morgan fingerprint density at radius 1 is 1.03 bits per heavy atom. The number of nitrogens with one attached hydrogen (secondary N) is 2. The Kier molecular flexibility index (Phi) is 7.10. The van der Waals surface area contributed by atoms with Crippen LogP contribution in [0.3, 0.4) is 0 Å². The number of hydrogen-bond donors (Lipinski definition) is 2. The van der Waals surface area contributed by atoms with Crippen LogP contribution >= 0.6 is 0 Å². The van der Waals surface area contributed by atoms with E-state index in [2.05, 4.69) is 24.5 Å². The minimum absolute atomic E-state index is 0.168. The van der Waals surface area contributed by atoms with Crippen LogP contribution in [0, 0.1) is 5.92 Å². The third-order valence-corrected chi connectivity index (χ3v) is 5.65. The fraction of sp³-hybridized carbons (Fsp3) is 0.400. The smallest absolute Gasteiger partial charge is 0.325 e. The molecule has 2 N–H and O–H groups in total. The van der Waals surface area contributed by atoms with E-state index < -0.39 is 11.6 Å². The Morgan fingerprint density at radius 2 is 1.65 bits per heavy atom. The maximum Gasteiger partial charge on any atom is 0.325 e. The first-order chi connectivity index (χ1) is 14.8. The lowest BCUT2D eigenvalue weighted by Gasteiger charge is -2.23. The van der Waals surface area contributed by atoms with E-state index in [1.807, 2.05) is 60.7 Å². The van der Waals surface area contributed by atoms with Gasteiger partial charge in [-0.05, 0) is 43.2 Å². The van der Waals surface area contributed by atoms with E-state index >= 15 is 0 Å². The summed E-state index contributed by atoms with van der Waals surface area (Å²) in [4.78, 5) is 39.3. The zero-order valence-electron chi connectivity index (χ0n) is 18.4. The largest absolute Gasteiger partial charge is 0.348 e. The summed E-state index contributed by atoms with van der Waals surface area (Å²) in [7, 11) is 0. The second kappa shape index (κ2) is 9.77. The minimum atomic E-state index is -1.01. The molecule has 1 aliphatic rings. The molecule has 0 unspecified atom stereocenters. The molecule has 1 aliphatic heterocycles. The van der Waals surface area contributed by atoms with Gasteiger partial charge in [-0.1, -0.05) is 74.5 Å². The van der Waals surface area contributed by atoms with Gasteiger partial charge < -0.3 is 10.6 Å². The van der Waals surface area contributed by atoms with E-state index in [-0.39, 0.29) is 24.4 Å². The molecule has 164 valence electrons. The molecule has 1 saturated heterocycles. The normalized spacial score (nSPS) is 19.4. The topological polar surface area (TPSA) is 78.5 Å². The predicted octanol–water partition coefficient (Wildman–Crippen LogP) is 3.83. The third-order valence-electron chi connectivity index (χ3n) is 5.65. The molecule has 0 saturated carbocycles. The van der Waals surface area contributed by atoms with Gasteiger partial charge >= 0.3 is 6.03 Å². The van der Waals surface area contributed by atoms with Crippen LogP contribution in [0.2, 0.25) is 0 Å². The highest BCUT2D eigenvalue weighted by atomic mass is 16.2. The van der Waals surface area contributed by atoms with E-state index in [0.29, 0.717) is 18.8 Å². The number of carbonyl (C=O) groups is 3. The molecular formula is C25H31N3O3. The molecule has 2 atom stereocenters. The molecule has 6 heteroatoms. The van der Waals surface area contributed by atoms with Crippen LogP contribution < -0.4 is 10.6 Å². The van der Waals surface area contributed by atoms with Gasteiger partial charge in [0.1, 0.15) is 12.1 Å². The maximum atomic E-state index is 13.0. The van der Waals surface area contributed by atoms with Crippen molar-refractivity contribution in [1.82, 2.24) is 15.5 Å². The van der Waals surface area contributed by atoms with Crippen LogP contribution in [-0.4, -0.2) is 34.8 Å². The summed E-state index contributed by atoms with van der Waals surface area (Å²) < 4.78 is 0. The molecule has 1 heterocycles. The number of aryl methyl sites for hydroxylation is 1. The van der Waals surface area contributed by atoms with Gasteiger partial charge in [-0.3, -0.25) is 14.5 Å². The van der Waals surface area contributed by atoms with Gasteiger partial charge in [-0.2, -0.15) is 0 Å². The molecule has 2 aromatic rings. The first-order valence-corrected chi connectivity index (χ1v) is 10.8. The lowest BCUT2D eigenvalue weighted by molar-refractivity contribution is -0.135. The van der Waals surface area contributed by atoms with Gasteiger partial charge in [0, 0.05) is 0 Å². The second-order valence-corrected chi connectivity index (χ2v) is 8.80. The van der Waals surface area contributed by atoms with Crippen molar-refractivity contribution in [3.05, 3.63) is 71.8 Å². The SMILES string of the molecule is CC(C)C[C@H](NC(=O)CN1C(=O)N[C@](C)(CCc2ccccc2)C1=O)c1ccccc1. The van der Waals surface area contributed by atoms with Crippen LogP contribution in [0.15, 0.2) is 60.7 Å². The molecule has 0 bridgehead atoms. The Morgan fingerprint density at radius 3 is 2.26 bits per heavy atom. The monoisotopic (exact) mass is 421 g/mol. The van der Waals surface area contributed by atoms with Gasteiger partial charge in [0.15, 0.2) is 0 Å². The van der Waals surface area contributed by atoms with E-state index in [4.69, 9.17) is 0 Å². The van der Waals surface area contributed by atoms with Crippen molar-refractivity contribution in [2.45, 2.75) is 51.6 Å². The summed E-state index contributed by atoms with van der Waals surface area (Å²) in [6.07, 6.45) is 1.90. The molecular weight excluding hydrogens is 390 g/mol. The second-order valence-electron chi connectivity index (χ2n) is 8.80. The number of rotatable bonds is 9. The fourth-order valence-corrected chi connectivity index (χ4v) is 3.92. The number of imide groups is 1. The zero-order valence-corrected chi connectivity index (χ0v) is 18.4. The number of carbonyl (C=O) groups excluding carboxylic acids is 3. The highest BCUT2D eigenvalue weighted by molar-refractivity contribution is 6.08. The predicted molar refractivity (Wildman–Crippen MR) is 120 cm³/mol. The van der Waals surface area contributed by atoms with Crippen molar-refractivity contribution >= 4 is 17.8 Å². The molecule has 2 aromatic carbocycles. The van der Waals surface area contributed by atoms with E-state index in [9.17, 15) is 14.4 Å².